The zero-order chi connectivity index (χ0) is 14.5. The molecular formula is C14H15N3O3. The van der Waals surface area contributed by atoms with Crippen molar-refractivity contribution in [2.45, 2.75) is 13.5 Å². The molecule has 0 bridgehead atoms. The van der Waals surface area contributed by atoms with Crippen LogP contribution < -0.4 is 5.32 Å². The van der Waals surface area contributed by atoms with Gasteiger partial charge in [0.2, 0.25) is 0 Å². The van der Waals surface area contributed by atoms with E-state index in [1.54, 1.807) is 11.6 Å². The van der Waals surface area contributed by atoms with Crippen molar-refractivity contribution in [2.75, 3.05) is 6.54 Å². The molecule has 0 unspecified atom stereocenters. The minimum Gasteiger partial charge on any atom is -0.480 e. The Bertz CT molecular complexity index is 620. The van der Waals surface area contributed by atoms with Crippen LogP contribution in [0.3, 0.4) is 0 Å². The van der Waals surface area contributed by atoms with E-state index in [2.05, 4.69) is 10.4 Å². The molecule has 2 rings (SSSR count). The molecule has 1 heterocycles. The number of benzene rings is 1. The zero-order valence-corrected chi connectivity index (χ0v) is 11.0. The van der Waals surface area contributed by atoms with Crippen molar-refractivity contribution in [3.63, 3.8) is 0 Å². The summed E-state index contributed by atoms with van der Waals surface area (Å²) in [6.07, 6.45) is 1.45. The molecule has 0 atom stereocenters. The molecule has 0 spiro atoms. The van der Waals surface area contributed by atoms with Crippen LogP contribution in [-0.4, -0.2) is 33.3 Å². The molecule has 2 aromatic rings. The van der Waals surface area contributed by atoms with Crippen molar-refractivity contribution in [3.05, 3.63) is 53.3 Å². The number of aliphatic carboxylic acids is 1. The summed E-state index contributed by atoms with van der Waals surface area (Å²) in [5.41, 5.74) is 2.18. The quantitative estimate of drug-likeness (QED) is 0.853. The molecule has 1 aromatic carbocycles. The second-order valence-corrected chi connectivity index (χ2v) is 4.36. The van der Waals surface area contributed by atoms with Gasteiger partial charge in [0.05, 0.1) is 18.3 Å². The highest BCUT2D eigenvalue weighted by atomic mass is 16.4. The Morgan fingerprint density at radius 2 is 2.00 bits per heavy atom. The Morgan fingerprint density at radius 3 is 2.65 bits per heavy atom. The lowest BCUT2D eigenvalue weighted by atomic mass is 10.2. The Hall–Kier alpha value is -2.63. The predicted octanol–water partition coefficient (Wildman–Crippen LogP) is 1.05. The molecule has 0 aliphatic heterocycles. The molecule has 6 nitrogen and oxygen atoms in total. The van der Waals surface area contributed by atoms with Crippen molar-refractivity contribution in [1.82, 2.24) is 15.1 Å². The average Bonchev–Trinajstić information content (AvgIpc) is 2.79. The first-order chi connectivity index (χ1) is 9.58. The molecule has 0 saturated heterocycles. The third-order valence-electron chi connectivity index (χ3n) is 2.92. The van der Waals surface area contributed by atoms with E-state index in [4.69, 9.17) is 5.11 Å². The summed E-state index contributed by atoms with van der Waals surface area (Å²) in [5.74, 6) is -1.50. The Morgan fingerprint density at radius 1 is 1.30 bits per heavy atom. The zero-order valence-electron chi connectivity index (χ0n) is 11.0. The Kier molecular flexibility index (Phi) is 4.14. The third-order valence-corrected chi connectivity index (χ3v) is 2.92. The van der Waals surface area contributed by atoms with Gasteiger partial charge < -0.3 is 10.4 Å². The fourth-order valence-electron chi connectivity index (χ4n) is 1.84. The van der Waals surface area contributed by atoms with Crippen molar-refractivity contribution < 1.29 is 14.7 Å². The first kappa shape index (κ1) is 13.8. The van der Waals surface area contributed by atoms with E-state index in [9.17, 15) is 9.59 Å². The van der Waals surface area contributed by atoms with Gasteiger partial charge in [-0.1, -0.05) is 30.3 Å². The molecule has 104 valence electrons. The van der Waals surface area contributed by atoms with Crippen LogP contribution >= 0.6 is 0 Å². The molecule has 0 saturated carbocycles. The normalized spacial score (nSPS) is 10.2. The molecule has 0 aliphatic rings. The van der Waals surface area contributed by atoms with Crippen LogP contribution in [0.5, 0.6) is 0 Å². The first-order valence-electron chi connectivity index (χ1n) is 6.14. The Labute approximate surface area is 116 Å². The summed E-state index contributed by atoms with van der Waals surface area (Å²) in [7, 11) is 0. The summed E-state index contributed by atoms with van der Waals surface area (Å²) in [5, 5.41) is 15.0. The second kappa shape index (κ2) is 6.01. The molecule has 0 fully saturated rings. The van der Waals surface area contributed by atoms with Crippen LogP contribution in [0.2, 0.25) is 0 Å². The summed E-state index contributed by atoms with van der Waals surface area (Å²) >= 11 is 0. The maximum Gasteiger partial charge on any atom is 0.322 e. The van der Waals surface area contributed by atoms with Crippen molar-refractivity contribution >= 4 is 11.9 Å². The maximum absolute atomic E-state index is 11.8. The number of amides is 1. The fourth-order valence-corrected chi connectivity index (χ4v) is 1.84. The van der Waals surface area contributed by atoms with E-state index < -0.39 is 18.4 Å². The molecule has 20 heavy (non-hydrogen) atoms. The van der Waals surface area contributed by atoms with E-state index in [1.807, 2.05) is 30.3 Å². The molecule has 0 aliphatic carbocycles. The van der Waals surface area contributed by atoms with Gasteiger partial charge in [0.1, 0.15) is 6.54 Å². The van der Waals surface area contributed by atoms with Crippen LogP contribution in [0.1, 0.15) is 21.6 Å². The van der Waals surface area contributed by atoms with E-state index in [0.717, 1.165) is 5.56 Å². The highest BCUT2D eigenvalue weighted by Gasteiger charge is 2.14. The van der Waals surface area contributed by atoms with Gasteiger partial charge in [-0.15, -0.1) is 0 Å². The van der Waals surface area contributed by atoms with Crippen molar-refractivity contribution in [2.24, 2.45) is 0 Å². The first-order valence-corrected chi connectivity index (χ1v) is 6.14. The number of nitrogens with zero attached hydrogens (tertiary/aromatic N) is 2. The summed E-state index contributed by atoms with van der Waals surface area (Å²) in [6, 6.07) is 9.77. The minimum atomic E-state index is -1.08. The smallest absolute Gasteiger partial charge is 0.322 e. The number of rotatable bonds is 5. The molecule has 1 aromatic heterocycles. The number of hydrogen-bond donors (Lipinski definition) is 2. The van der Waals surface area contributed by atoms with Gasteiger partial charge >= 0.3 is 5.97 Å². The van der Waals surface area contributed by atoms with E-state index >= 15 is 0 Å². The number of carbonyl (C=O) groups excluding carboxylic acids is 1. The Balaban J connectivity index is 2.11. The largest absolute Gasteiger partial charge is 0.480 e. The molecule has 1 amide bonds. The second-order valence-electron chi connectivity index (χ2n) is 4.36. The average molecular weight is 273 g/mol. The van der Waals surface area contributed by atoms with Crippen LogP contribution in [-0.2, 0) is 11.3 Å². The highest BCUT2D eigenvalue weighted by Crippen LogP contribution is 2.10. The van der Waals surface area contributed by atoms with Gasteiger partial charge in [-0.05, 0) is 12.5 Å². The minimum absolute atomic E-state index is 0.391. The van der Waals surface area contributed by atoms with Crippen molar-refractivity contribution in [3.8, 4) is 0 Å². The van der Waals surface area contributed by atoms with Gasteiger partial charge in [0.15, 0.2) is 0 Å². The topological polar surface area (TPSA) is 84.2 Å². The van der Waals surface area contributed by atoms with Crippen LogP contribution in [0.25, 0.3) is 0 Å². The SMILES string of the molecule is Cc1c(C(=O)NCC(=O)O)cnn1Cc1ccccc1. The van der Waals surface area contributed by atoms with Crippen molar-refractivity contribution in [1.29, 1.82) is 0 Å². The van der Waals surface area contributed by atoms with Crippen LogP contribution in [0, 0.1) is 6.92 Å². The lowest BCUT2D eigenvalue weighted by molar-refractivity contribution is -0.135. The number of aromatic nitrogens is 2. The number of hydrogen-bond acceptors (Lipinski definition) is 3. The fraction of sp³-hybridized carbons (Fsp3) is 0.214. The summed E-state index contributed by atoms with van der Waals surface area (Å²) in [4.78, 5) is 22.2. The van der Waals surface area contributed by atoms with Gasteiger partial charge in [-0.2, -0.15) is 5.10 Å². The van der Waals surface area contributed by atoms with Gasteiger partial charge in [-0.25, -0.2) is 0 Å². The molecule has 2 N–H and O–H groups in total. The predicted molar refractivity (Wildman–Crippen MR) is 72.5 cm³/mol. The van der Waals surface area contributed by atoms with Gasteiger partial charge in [0.25, 0.3) is 5.91 Å². The van der Waals surface area contributed by atoms with E-state index in [-0.39, 0.29) is 0 Å². The van der Waals surface area contributed by atoms with Crippen LogP contribution in [0.15, 0.2) is 36.5 Å². The number of carboxylic acids is 1. The van der Waals surface area contributed by atoms with E-state index in [0.29, 0.717) is 17.8 Å². The third kappa shape index (κ3) is 3.23. The summed E-state index contributed by atoms with van der Waals surface area (Å²) < 4.78 is 1.71. The lowest BCUT2D eigenvalue weighted by Gasteiger charge is -2.06. The lowest BCUT2D eigenvalue weighted by Crippen LogP contribution is -2.29. The standard InChI is InChI=1S/C14H15N3O3/c1-10-12(14(20)15-8-13(18)19)7-16-17(10)9-11-5-3-2-4-6-11/h2-7H,8-9H2,1H3,(H,15,20)(H,18,19). The molecule has 0 radical (unpaired) electrons. The highest BCUT2D eigenvalue weighted by molar-refractivity contribution is 5.96. The van der Waals surface area contributed by atoms with E-state index in [1.165, 1.54) is 6.20 Å². The molecular weight excluding hydrogens is 258 g/mol. The monoisotopic (exact) mass is 273 g/mol. The summed E-state index contributed by atoms with van der Waals surface area (Å²) in [6.45, 7) is 1.95. The number of carboxylic acid groups (broad SMARTS) is 1. The van der Waals surface area contributed by atoms with Crippen LogP contribution in [0.4, 0.5) is 0 Å². The number of carbonyl (C=O) groups is 2. The molecule has 6 heteroatoms. The maximum atomic E-state index is 11.8. The number of nitrogens with one attached hydrogen (secondary N) is 1. The van der Waals surface area contributed by atoms with Gasteiger partial charge in [-0.3, -0.25) is 14.3 Å². The van der Waals surface area contributed by atoms with Gasteiger partial charge in [0, 0.05) is 5.69 Å².